The van der Waals surface area contributed by atoms with E-state index in [1.165, 1.54) is 6.07 Å². The Labute approximate surface area is 113 Å². The summed E-state index contributed by atoms with van der Waals surface area (Å²) in [4.78, 5) is 13.7. The molecule has 1 heterocycles. The van der Waals surface area contributed by atoms with Crippen molar-refractivity contribution in [2.75, 3.05) is 17.2 Å². The highest BCUT2D eigenvalue weighted by atomic mass is 32.1. The van der Waals surface area contributed by atoms with Crippen LogP contribution in [-0.4, -0.2) is 18.2 Å². The molecule has 1 aromatic carbocycles. The summed E-state index contributed by atoms with van der Waals surface area (Å²) in [6, 6.07) is 4.70. The minimum absolute atomic E-state index is 0.153. The van der Waals surface area contributed by atoms with Crippen LogP contribution in [0.1, 0.15) is 31.2 Å². The van der Waals surface area contributed by atoms with Gasteiger partial charge >= 0.3 is 0 Å². The van der Waals surface area contributed by atoms with E-state index in [1.54, 1.807) is 17.0 Å². The van der Waals surface area contributed by atoms with Gasteiger partial charge in [-0.25, -0.2) is 4.39 Å². The van der Waals surface area contributed by atoms with Gasteiger partial charge in [-0.3, -0.25) is 4.79 Å². The zero-order valence-electron chi connectivity index (χ0n) is 10.4. The maximum atomic E-state index is 13.2. The van der Waals surface area contributed by atoms with Gasteiger partial charge in [0.25, 0.3) is 0 Å². The van der Waals surface area contributed by atoms with Gasteiger partial charge in [-0.15, -0.1) is 0 Å². The second kappa shape index (κ2) is 6.23. The summed E-state index contributed by atoms with van der Waals surface area (Å²) in [5.41, 5.74) is 1.84. The Balaban J connectivity index is 2.08. The van der Waals surface area contributed by atoms with E-state index in [-0.39, 0.29) is 11.7 Å². The Morgan fingerprint density at radius 3 is 2.83 bits per heavy atom. The largest absolute Gasteiger partial charge is 0.312 e. The summed E-state index contributed by atoms with van der Waals surface area (Å²) >= 11 is 4.17. The van der Waals surface area contributed by atoms with Crippen molar-refractivity contribution in [1.82, 2.24) is 0 Å². The summed E-state index contributed by atoms with van der Waals surface area (Å²) < 4.78 is 13.2. The van der Waals surface area contributed by atoms with Crippen LogP contribution < -0.4 is 4.90 Å². The van der Waals surface area contributed by atoms with Crippen molar-refractivity contribution < 1.29 is 9.18 Å². The maximum Gasteiger partial charge on any atom is 0.227 e. The quantitative estimate of drug-likeness (QED) is 0.641. The molecule has 4 heteroatoms. The smallest absolute Gasteiger partial charge is 0.227 e. The van der Waals surface area contributed by atoms with E-state index in [1.807, 2.05) is 0 Å². The lowest BCUT2D eigenvalue weighted by Gasteiger charge is -2.29. The Hall–Kier alpha value is -1.03. The number of fused-ring (bicyclic) bond motifs is 1. The molecule has 18 heavy (non-hydrogen) atoms. The Kier molecular flexibility index (Phi) is 4.64. The van der Waals surface area contributed by atoms with E-state index >= 15 is 0 Å². The van der Waals surface area contributed by atoms with Crippen LogP contribution in [0.4, 0.5) is 10.1 Å². The Morgan fingerprint density at radius 2 is 2.06 bits per heavy atom. The number of nitrogens with zero attached hydrogens (tertiary/aromatic N) is 1. The van der Waals surface area contributed by atoms with Gasteiger partial charge in [-0.1, -0.05) is 6.42 Å². The van der Waals surface area contributed by atoms with Crippen molar-refractivity contribution in [2.24, 2.45) is 0 Å². The van der Waals surface area contributed by atoms with Gasteiger partial charge in [0.2, 0.25) is 5.91 Å². The van der Waals surface area contributed by atoms with Gasteiger partial charge in [0, 0.05) is 18.7 Å². The molecule has 0 unspecified atom stereocenters. The van der Waals surface area contributed by atoms with Gasteiger partial charge in [-0.05, 0) is 48.8 Å². The molecule has 1 aliphatic rings. The first-order valence-electron chi connectivity index (χ1n) is 6.42. The van der Waals surface area contributed by atoms with Crippen molar-refractivity contribution in [1.29, 1.82) is 0 Å². The number of rotatable bonds is 5. The molecule has 2 rings (SSSR count). The molecule has 0 spiro atoms. The average molecular weight is 267 g/mol. The van der Waals surface area contributed by atoms with Crippen LogP contribution >= 0.6 is 12.6 Å². The van der Waals surface area contributed by atoms with Crippen molar-refractivity contribution in [3.8, 4) is 0 Å². The van der Waals surface area contributed by atoms with Crippen molar-refractivity contribution in [2.45, 2.75) is 32.1 Å². The number of hydrogen-bond donors (Lipinski definition) is 1. The molecule has 0 N–H and O–H groups in total. The molecule has 1 aromatic rings. The molecule has 0 aromatic heterocycles. The monoisotopic (exact) mass is 267 g/mol. The summed E-state index contributed by atoms with van der Waals surface area (Å²) in [5, 5.41) is 0. The van der Waals surface area contributed by atoms with Crippen molar-refractivity contribution in [3.63, 3.8) is 0 Å². The van der Waals surface area contributed by atoms with Crippen LogP contribution in [0.15, 0.2) is 18.2 Å². The highest BCUT2D eigenvalue weighted by Crippen LogP contribution is 2.28. The second-order valence-electron chi connectivity index (χ2n) is 4.60. The molecule has 0 radical (unpaired) electrons. The molecular weight excluding hydrogens is 249 g/mol. The zero-order valence-corrected chi connectivity index (χ0v) is 11.3. The number of carbonyl (C=O) groups excluding carboxylic acids is 1. The lowest BCUT2D eigenvalue weighted by Crippen LogP contribution is -2.35. The number of anilines is 1. The molecular formula is C14H18FNOS. The highest BCUT2D eigenvalue weighted by Gasteiger charge is 2.23. The Morgan fingerprint density at radius 1 is 1.22 bits per heavy atom. The molecule has 0 saturated carbocycles. The summed E-state index contributed by atoms with van der Waals surface area (Å²) in [6.07, 6.45) is 4.26. The van der Waals surface area contributed by atoms with Crippen LogP contribution in [0.2, 0.25) is 0 Å². The standard InChI is InChI=1S/C14H18FNOS/c15-12-5-6-13-11(10-12)4-7-14(17)16(13)8-2-1-3-9-18/h5-6,10,18H,1-4,7-9H2. The van der Waals surface area contributed by atoms with Crippen LogP contribution in [0.25, 0.3) is 0 Å². The summed E-state index contributed by atoms with van der Waals surface area (Å²) in [6.45, 7) is 0.727. The van der Waals surface area contributed by atoms with E-state index in [9.17, 15) is 9.18 Å². The topological polar surface area (TPSA) is 20.3 Å². The van der Waals surface area contributed by atoms with Crippen LogP contribution in [-0.2, 0) is 11.2 Å². The molecule has 0 bridgehead atoms. The minimum atomic E-state index is -0.224. The van der Waals surface area contributed by atoms with Crippen molar-refractivity contribution >= 4 is 24.2 Å². The highest BCUT2D eigenvalue weighted by molar-refractivity contribution is 7.80. The summed E-state index contributed by atoms with van der Waals surface area (Å²) in [5.74, 6) is 0.813. The molecule has 0 aliphatic carbocycles. The number of thiol groups is 1. The van der Waals surface area contributed by atoms with E-state index in [2.05, 4.69) is 12.6 Å². The fourth-order valence-corrected chi connectivity index (χ4v) is 2.56. The van der Waals surface area contributed by atoms with Crippen LogP contribution in [0, 0.1) is 5.82 Å². The van der Waals surface area contributed by atoms with Gasteiger partial charge < -0.3 is 4.90 Å². The molecule has 0 saturated heterocycles. The number of unbranched alkanes of at least 4 members (excludes halogenated alkanes) is 2. The second-order valence-corrected chi connectivity index (χ2v) is 5.05. The first kappa shape index (κ1) is 13.4. The van der Waals surface area contributed by atoms with E-state index in [0.717, 1.165) is 42.8 Å². The summed E-state index contributed by atoms with van der Waals surface area (Å²) in [7, 11) is 0. The molecule has 98 valence electrons. The predicted molar refractivity (Wildman–Crippen MR) is 74.8 cm³/mol. The third-order valence-electron chi connectivity index (χ3n) is 3.28. The fraction of sp³-hybridized carbons (Fsp3) is 0.500. The maximum absolute atomic E-state index is 13.2. The predicted octanol–water partition coefficient (Wildman–Crippen LogP) is 3.21. The van der Waals surface area contributed by atoms with Gasteiger partial charge in [-0.2, -0.15) is 12.6 Å². The first-order chi connectivity index (χ1) is 8.72. The molecule has 0 fully saturated rings. The van der Waals surface area contributed by atoms with Crippen molar-refractivity contribution in [3.05, 3.63) is 29.6 Å². The number of benzene rings is 1. The molecule has 1 aliphatic heterocycles. The number of amides is 1. The van der Waals surface area contributed by atoms with E-state index < -0.39 is 0 Å². The van der Waals surface area contributed by atoms with Gasteiger partial charge in [0.05, 0.1) is 0 Å². The molecule has 1 amide bonds. The SMILES string of the molecule is O=C1CCc2cc(F)ccc2N1CCCCCS. The van der Waals surface area contributed by atoms with E-state index in [0.29, 0.717) is 12.8 Å². The number of halogens is 1. The fourth-order valence-electron chi connectivity index (χ4n) is 2.33. The number of carbonyl (C=O) groups is 1. The van der Waals surface area contributed by atoms with Gasteiger partial charge in [0.1, 0.15) is 5.82 Å². The third kappa shape index (κ3) is 3.05. The third-order valence-corrected chi connectivity index (χ3v) is 3.60. The first-order valence-corrected chi connectivity index (χ1v) is 7.05. The lowest BCUT2D eigenvalue weighted by molar-refractivity contribution is -0.118. The van der Waals surface area contributed by atoms with E-state index in [4.69, 9.17) is 0 Å². The lowest BCUT2D eigenvalue weighted by atomic mass is 10.0. The number of aryl methyl sites for hydroxylation is 1. The normalized spacial score (nSPS) is 14.8. The molecule has 2 nitrogen and oxygen atoms in total. The van der Waals surface area contributed by atoms with Gasteiger partial charge in [0.15, 0.2) is 0 Å². The average Bonchev–Trinajstić information content (AvgIpc) is 2.37. The molecule has 0 atom stereocenters. The minimum Gasteiger partial charge on any atom is -0.312 e. The van der Waals surface area contributed by atoms with Crippen LogP contribution in [0.3, 0.4) is 0 Å². The Bertz CT molecular complexity index is 436. The van der Waals surface area contributed by atoms with Crippen LogP contribution in [0.5, 0.6) is 0 Å². The number of hydrogen-bond acceptors (Lipinski definition) is 2. The zero-order chi connectivity index (χ0) is 13.0.